The first-order valence-corrected chi connectivity index (χ1v) is 5.40. The van der Waals surface area contributed by atoms with Crippen LogP contribution in [0.2, 0.25) is 5.02 Å². The van der Waals surface area contributed by atoms with E-state index in [4.69, 9.17) is 22.1 Å². The van der Waals surface area contributed by atoms with E-state index in [1.165, 1.54) is 0 Å². The first-order valence-electron chi connectivity index (χ1n) is 4.21. The maximum atomic E-state index is 6.14. The highest BCUT2D eigenvalue weighted by Crippen LogP contribution is 2.36. The molecule has 0 saturated heterocycles. The zero-order valence-electron chi connectivity index (χ0n) is 7.71. The molecule has 1 aromatic heterocycles. The van der Waals surface area contributed by atoms with Gasteiger partial charge in [-0.15, -0.1) is 11.3 Å². The van der Waals surface area contributed by atoms with E-state index in [0.29, 0.717) is 6.54 Å². The van der Waals surface area contributed by atoms with Gasteiger partial charge in [0.1, 0.15) is 5.75 Å². The molecule has 0 bridgehead atoms. The molecule has 2 rings (SSSR count). The summed E-state index contributed by atoms with van der Waals surface area (Å²) in [5.74, 6) is 0.846. The molecule has 0 aliphatic heterocycles. The van der Waals surface area contributed by atoms with Crippen LogP contribution in [0.5, 0.6) is 5.75 Å². The highest BCUT2D eigenvalue weighted by atomic mass is 35.5. The zero-order chi connectivity index (χ0) is 10.1. The van der Waals surface area contributed by atoms with Crippen LogP contribution in [-0.2, 0) is 6.54 Å². The van der Waals surface area contributed by atoms with E-state index in [0.717, 1.165) is 25.7 Å². The molecule has 1 aromatic carbocycles. The predicted molar refractivity (Wildman–Crippen MR) is 61.3 cm³/mol. The molecule has 0 atom stereocenters. The Kier molecular flexibility index (Phi) is 2.63. The minimum atomic E-state index is 0.487. The molecule has 2 aromatic rings. The van der Waals surface area contributed by atoms with Crippen molar-refractivity contribution in [3.8, 4) is 5.75 Å². The van der Waals surface area contributed by atoms with Crippen molar-refractivity contribution in [2.24, 2.45) is 5.73 Å². The van der Waals surface area contributed by atoms with Gasteiger partial charge in [-0.3, -0.25) is 0 Å². The Morgan fingerprint density at radius 2 is 2.29 bits per heavy atom. The lowest BCUT2D eigenvalue weighted by Gasteiger charge is -1.97. The van der Waals surface area contributed by atoms with Gasteiger partial charge in [0.15, 0.2) is 0 Å². The number of nitrogens with two attached hydrogens (primary N) is 1. The lowest BCUT2D eigenvalue weighted by atomic mass is 10.2. The third kappa shape index (κ3) is 1.47. The number of fused-ring (bicyclic) bond motifs is 1. The van der Waals surface area contributed by atoms with Crippen molar-refractivity contribution in [2.75, 3.05) is 7.11 Å². The van der Waals surface area contributed by atoms with Crippen molar-refractivity contribution in [1.29, 1.82) is 0 Å². The second kappa shape index (κ2) is 3.77. The van der Waals surface area contributed by atoms with Crippen LogP contribution in [-0.4, -0.2) is 7.11 Å². The van der Waals surface area contributed by atoms with Crippen LogP contribution in [0, 0.1) is 0 Å². The highest BCUT2D eigenvalue weighted by Gasteiger charge is 2.09. The molecule has 0 saturated carbocycles. The maximum absolute atomic E-state index is 6.14. The fourth-order valence-corrected chi connectivity index (χ4v) is 2.77. The monoisotopic (exact) mass is 227 g/mol. The Morgan fingerprint density at radius 1 is 1.50 bits per heavy atom. The fourth-order valence-electron chi connectivity index (χ4n) is 1.35. The zero-order valence-corrected chi connectivity index (χ0v) is 9.28. The lowest BCUT2D eigenvalue weighted by molar-refractivity contribution is 0.415. The number of methoxy groups -OCH3 is 1. The Morgan fingerprint density at radius 3 is 2.93 bits per heavy atom. The van der Waals surface area contributed by atoms with Gasteiger partial charge in [-0.25, -0.2) is 0 Å². The molecule has 0 aliphatic carbocycles. The van der Waals surface area contributed by atoms with Gasteiger partial charge in [0.25, 0.3) is 0 Å². The van der Waals surface area contributed by atoms with Crippen LogP contribution in [0.1, 0.15) is 4.88 Å². The van der Waals surface area contributed by atoms with Gasteiger partial charge < -0.3 is 10.5 Å². The summed E-state index contributed by atoms with van der Waals surface area (Å²) < 4.78 is 6.26. The Labute approximate surface area is 91.2 Å². The van der Waals surface area contributed by atoms with Gasteiger partial charge >= 0.3 is 0 Å². The molecular formula is C10H10ClNOS. The summed E-state index contributed by atoms with van der Waals surface area (Å²) in [6.07, 6.45) is 0. The second-order valence-electron chi connectivity index (χ2n) is 2.91. The third-order valence-corrected chi connectivity index (χ3v) is 3.81. The highest BCUT2D eigenvalue weighted by molar-refractivity contribution is 7.19. The van der Waals surface area contributed by atoms with Crippen LogP contribution >= 0.6 is 22.9 Å². The Balaban J connectivity index is 2.66. The number of hydrogen-bond donors (Lipinski definition) is 1. The summed E-state index contributed by atoms with van der Waals surface area (Å²) >= 11 is 7.76. The maximum Gasteiger partial charge on any atom is 0.120 e. The molecule has 0 amide bonds. The van der Waals surface area contributed by atoms with Gasteiger partial charge in [0, 0.05) is 21.5 Å². The smallest absolute Gasteiger partial charge is 0.120 e. The quantitative estimate of drug-likeness (QED) is 0.856. The van der Waals surface area contributed by atoms with Gasteiger partial charge in [-0.1, -0.05) is 11.6 Å². The largest absolute Gasteiger partial charge is 0.497 e. The molecule has 0 spiro atoms. The Hall–Kier alpha value is -0.770. The number of halogens is 1. The number of thiophene rings is 1. The van der Waals surface area contributed by atoms with Crippen molar-refractivity contribution >= 4 is 33.0 Å². The molecule has 2 N–H and O–H groups in total. The summed E-state index contributed by atoms with van der Waals surface area (Å²) in [4.78, 5) is 1.02. The minimum Gasteiger partial charge on any atom is -0.497 e. The average molecular weight is 228 g/mol. The molecule has 0 fully saturated rings. The summed E-state index contributed by atoms with van der Waals surface area (Å²) in [5, 5.41) is 1.83. The van der Waals surface area contributed by atoms with Gasteiger partial charge in [-0.05, 0) is 18.2 Å². The van der Waals surface area contributed by atoms with Crippen LogP contribution in [0.25, 0.3) is 10.1 Å². The summed E-state index contributed by atoms with van der Waals surface area (Å²) in [6.45, 7) is 0.487. The van der Waals surface area contributed by atoms with E-state index in [-0.39, 0.29) is 0 Å². The molecule has 0 unspecified atom stereocenters. The molecule has 1 heterocycles. The number of hydrogen-bond acceptors (Lipinski definition) is 3. The van der Waals surface area contributed by atoms with E-state index >= 15 is 0 Å². The second-order valence-corrected chi connectivity index (χ2v) is 4.42. The summed E-state index contributed by atoms with van der Waals surface area (Å²) in [7, 11) is 1.65. The SMILES string of the molecule is COc1ccc2c(Cl)c(CN)sc2c1. The van der Waals surface area contributed by atoms with Crippen LogP contribution in [0.3, 0.4) is 0 Å². The molecule has 2 nitrogen and oxygen atoms in total. The van der Waals surface area contributed by atoms with Gasteiger partial charge in [-0.2, -0.15) is 0 Å². The standard InChI is InChI=1S/C10H10ClNOS/c1-13-6-2-3-7-8(4-6)14-9(5-12)10(7)11/h2-4H,5,12H2,1H3. The van der Waals surface area contributed by atoms with Crippen LogP contribution in [0.15, 0.2) is 18.2 Å². The predicted octanol–water partition coefficient (Wildman–Crippen LogP) is 3.02. The minimum absolute atomic E-state index is 0.487. The molecule has 0 radical (unpaired) electrons. The average Bonchev–Trinajstić information content (AvgIpc) is 2.55. The normalized spacial score (nSPS) is 10.8. The van der Waals surface area contributed by atoms with Crippen LogP contribution in [0.4, 0.5) is 0 Å². The lowest BCUT2D eigenvalue weighted by Crippen LogP contribution is -1.92. The van der Waals surface area contributed by atoms with Crippen LogP contribution < -0.4 is 10.5 Å². The van der Waals surface area contributed by atoms with E-state index in [2.05, 4.69) is 0 Å². The Bertz CT molecular complexity index is 466. The first-order chi connectivity index (χ1) is 6.76. The van der Waals surface area contributed by atoms with Crippen molar-refractivity contribution < 1.29 is 4.74 Å². The first kappa shape index (κ1) is 9.77. The van der Waals surface area contributed by atoms with Crippen molar-refractivity contribution in [3.05, 3.63) is 28.1 Å². The van der Waals surface area contributed by atoms with E-state index in [1.54, 1.807) is 18.4 Å². The number of benzene rings is 1. The van der Waals surface area contributed by atoms with Crippen molar-refractivity contribution in [1.82, 2.24) is 0 Å². The van der Waals surface area contributed by atoms with E-state index in [1.807, 2.05) is 18.2 Å². The molecule has 4 heteroatoms. The van der Waals surface area contributed by atoms with Crippen molar-refractivity contribution in [2.45, 2.75) is 6.54 Å². The summed E-state index contributed by atoms with van der Waals surface area (Å²) in [6, 6.07) is 5.85. The van der Waals surface area contributed by atoms with Gasteiger partial charge in [0.2, 0.25) is 0 Å². The fraction of sp³-hybridized carbons (Fsp3) is 0.200. The molecular weight excluding hydrogens is 218 g/mol. The third-order valence-electron chi connectivity index (χ3n) is 2.09. The molecule has 0 aliphatic rings. The topological polar surface area (TPSA) is 35.2 Å². The number of rotatable bonds is 2. The van der Waals surface area contributed by atoms with Crippen molar-refractivity contribution in [3.63, 3.8) is 0 Å². The van der Waals surface area contributed by atoms with E-state index in [9.17, 15) is 0 Å². The number of ether oxygens (including phenoxy) is 1. The molecule has 14 heavy (non-hydrogen) atoms. The summed E-state index contributed by atoms with van der Waals surface area (Å²) in [5.41, 5.74) is 5.58. The van der Waals surface area contributed by atoms with E-state index < -0.39 is 0 Å². The van der Waals surface area contributed by atoms with Gasteiger partial charge in [0.05, 0.1) is 12.1 Å². The molecule has 74 valence electrons.